The smallest absolute Gasteiger partial charge is 0.0972 e. The normalized spacial score (nSPS) is 10.7. The fourth-order valence-electron chi connectivity index (χ4n) is 2.66. The molecule has 2 aromatic carbocycles. The molecule has 0 saturated heterocycles. The second kappa shape index (κ2) is 7.11. The van der Waals surface area contributed by atoms with Gasteiger partial charge in [-0.3, -0.25) is 0 Å². The third kappa shape index (κ3) is 3.27. The third-order valence-corrected chi connectivity index (χ3v) is 3.86. The van der Waals surface area contributed by atoms with E-state index in [1.807, 2.05) is 41.2 Å². The van der Waals surface area contributed by atoms with Gasteiger partial charge in [0.25, 0.3) is 0 Å². The molecule has 0 saturated carbocycles. The molecule has 118 valence electrons. The van der Waals surface area contributed by atoms with Gasteiger partial charge in [0.1, 0.15) is 0 Å². The molecule has 0 spiro atoms. The van der Waals surface area contributed by atoms with Gasteiger partial charge < -0.3 is 11.1 Å². The first-order chi connectivity index (χ1) is 11.3. The molecule has 0 bridgehead atoms. The number of hydrogen-bond acceptors (Lipinski definition) is 3. The van der Waals surface area contributed by atoms with E-state index in [4.69, 9.17) is 5.73 Å². The molecule has 4 nitrogen and oxygen atoms in total. The van der Waals surface area contributed by atoms with Gasteiger partial charge in [-0.15, -0.1) is 0 Å². The van der Waals surface area contributed by atoms with Crippen LogP contribution >= 0.6 is 0 Å². The first-order valence-corrected chi connectivity index (χ1v) is 7.94. The van der Waals surface area contributed by atoms with Crippen LogP contribution in [0.5, 0.6) is 0 Å². The molecule has 0 aliphatic heterocycles. The van der Waals surface area contributed by atoms with E-state index in [-0.39, 0.29) is 0 Å². The van der Waals surface area contributed by atoms with Crippen molar-refractivity contribution in [3.63, 3.8) is 0 Å². The van der Waals surface area contributed by atoms with E-state index in [1.165, 1.54) is 5.56 Å². The number of rotatable bonds is 6. The van der Waals surface area contributed by atoms with Gasteiger partial charge >= 0.3 is 0 Å². The second-order valence-corrected chi connectivity index (χ2v) is 5.54. The lowest BCUT2D eigenvalue weighted by Crippen LogP contribution is -2.09. The Kier molecular flexibility index (Phi) is 4.74. The van der Waals surface area contributed by atoms with Crippen molar-refractivity contribution in [2.24, 2.45) is 5.73 Å². The average Bonchev–Trinajstić information content (AvgIpc) is 3.00. The molecule has 0 radical (unpaired) electrons. The van der Waals surface area contributed by atoms with Crippen molar-refractivity contribution in [2.45, 2.75) is 13.3 Å². The molecule has 3 rings (SSSR count). The number of benzene rings is 2. The molecule has 0 atom stereocenters. The van der Waals surface area contributed by atoms with Crippen molar-refractivity contribution in [1.82, 2.24) is 9.78 Å². The summed E-state index contributed by atoms with van der Waals surface area (Å²) in [6.45, 7) is 3.63. The van der Waals surface area contributed by atoms with E-state index >= 15 is 0 Å². The number of aromatic nitrogens is 2. The molecule has 23 heavy (non-hydrogen) atoms. The lowest BCUT2D eigenvalue weighted by Gasteiger charge is -2.13. The second-order valence-electron chi connectivity index (χ2n) is 5.54. The average molecular weight is 306 g/mol. The first-order valence-electron chi connectivity index (χ1n) is 7.94. The van der Waals surface area contributed by atoms with E-state index in [2.05, 4.69) is 41.6 Å². The van der Waals surface area contributed by atoms with Crippen molar-refractivity contribution in [3.8, 4) is 16.9 Å². The molecule has 3 N–H and O–H groups in total. The quantitative estimate of drug-likeness (QED) is 0.684. The van der Waals surface area contributed by atoms with Crippen molar-refractivity contribution in [1.29, 1.82) is 0 Å². The zero-order valence-electron chi connectivity index (χ0n) is 13.4. The first kappa shape index (κ1) is 15.3. The predicted molar refractivity (Wildman–Crippen MR) is 95.9 cm³/mol. The molecule has 0 fully saturated rings. The maximum Gasteiger partial charge on any atom is 0.0972 e. The van der Waals surface area contributed by atoms with Crippen molar-refractivity contribution < 1.29 is 0 Å². The molecular formula is C19H22N4. The van der Waals surface area contributed by atoms with Gasteiger partial charge in [0.05, 0.1) is 23.3 Å². The zero-order valence-corrected chi connectivity index (χ0v) is 13.4. The maximum atomic E-state index is 5.60. The Morgan fingerprint density at radius 2 is 1.78 bits per heavy atom. The number of aryl methyl sites for hydroxylation is 1. The summed E-state index contributed by atoms with van der Waals surface area (Å²) in [5, 5.41) is 8.08. The summed E-state index contributed by atoms with van der Waals surface area (Å²) in [7, 11) is 0. The molecule has 1 heterocycles. The van der Waals surface area contributed by atoms with Gasteiger partial charge in [-0.05, 0) is 31.5 Å². The highest BCUT2D eigenvalue weighted by Crippen LogP contribution is 2.31. The largest absolute Gasteiger partial charge is 0.382 e. The summed E-state index contributed by atoms with van der Waals surface area (Å²) < 4.78 is 2.01. The predicted octanol–water partition coefficient (Wildman–Crippen LogP) is 3.61. The highest BCUT2D eigenvalue weighted by atomic mass is 15.3. The third-order valence-electron chi connectivity index (χ3n) is 3.86. The van der Waals surface area contributed by atoms with Crippen LogP contribution < -0.4 is 11.1 Å². The molecule has 0 aliphatic rings. The topological polar surface area (TPSA) is 55.9 Å². The number of nitrogens with two attached hydrogens (primary N) is 1. The van der Waals surface area contributed by atoms with Crippen LogP contribution in [0.4, 0.5) is 5.69 Å². The van der Waals surface area contributed by atoms with Crippen LogP contribution in [0.2, 0.25) is 0 Å². The van der Waals surface area contributed by atoms with Gasteiger partial charge in [0.2, 0.25) is 0 Å². The Hall–Kier alpha value is -2.59. The van der Waals surface area contributed by atoms with Gasteiger partial charge in [-0.2, -0.15) is 5.10 Å². The van der Waals surface area contributed by atoms with Gasteiger partial charge in [-0.1, -0.05) is 48.5 Å². The minimum Gasteiger partial charge on any atom is -0.382 e. The van der Waals surface area contributed by atoms with E-state index in [0.717, 1.165) is 35.6 Å². The number of anilines is 1. The van der Waals surface area contributed by atoms with E-state index in [0.29, 0.717) is 6.54 Å². The minimum absolute atomic E-state index is 0.680. The number of nitrogens with one attached hydrogen (secondary N) is 1. The SMILES string of the molecule is Cc1ccccc1-n1ncc(NCCCN)c1-c1ccccc1. The van der Waals surface area contributed by atoms with Gasteiger partial charge in [-0.25, -0.2) is 4.68 Å². The number of para-hydroxylation sites is 1. The summed E-state index contributed by atoms with van der Waals surface area (Å²) in [5.74, 6) is 0. The monoisotopic (exact) mass is 306 g/mol. The summed E-state index contributed by atoms with van der Waals surface area (Å²) in [6, 6.07) is 18.6. The summed E-state index contributed by atoms with van der Waals surface area (Å²) >= 11 is 0. The van der Waals surface area contributed by atoms with Crippen LogP contribution in [0.15, 0.2) is 60.8 Å². The molecule has 0 amide bonds. The minimum atomic E-state index is 0.680. The fraction of sp³-hybridized carbons (Fsp3) is 0.211. The van der Waals surface area contributed by atoms with Crippen molar-refractivity contribution in [3.05, 3.63) is 66.4 Å². The highest BCUT2D eigenvalue weighted by molar-refractivity contribution is 5.76. The lowest BCUT2D eigenvalue weighted by molar-refractivity contribution is 0.873. The van der Waals surface area contributed by atoms with E-state index < -0.39 is 0 Å². The van der Waals surface area contributed by atoms with Gasteiger partial charge in [0.15, 0.2) is 0 Å². The summed E-state index contributed by atoms with van der Waals surface area (Å²) in [6.07, 6.45) is 2.83. The van der Waals surface area contributed by atoms with Crippen LogP contribution in [0.25, 0.3) is 16.9 Å². The summed E-state index contributed by atoms with van der Waals surface area (Å²) in [4.78, 5) is 0. The fourth-order valence-corrected chi connectivity index (χ4v) is 2.66. The number of hydrogen-bond donors (Lipinski definition) is 2. The molecular weight excluding hydrogens is 284 g/mol. The highest BCUT2D eigenvalue weighted by Gasteiger charge is 2.15. The number of nitrogens with zero attached hydrogens (tertiary/aromatic N) is 2. The molecule has 3 aromatic rings. The molecule has 4 heteroatoms. The summed E-state index contributed by atoms with van der Waals surface area (Å²) in [5.41, 5.74) is 11.1. The maximum absolute atomic E-state index is 5.60. The van der Waals surface area contributed by atoms with Crippen LogP contribution in [0.3, 0.4) is 0 Å². The molecule has 0 aliphatic carbocycles. The van der Waals surface area contributed by atoms with Crippen molar-refractivity contribution >= 4 is 5.69 Å². The Morgan fingerprint density at radius 3 is 2.52 bits per heavy atom. The standard InChI is InChI=1S/C19H22N4/c1-15-8-5-6-11-18(15)23-19(16-9-3-2-4-10-16)17(14-22-23)21-13-7-12-20/h2-6,8-11,14,21H,7,12-13,20H2,1H3. The molecule has 1 aromatic heterocycles. The Labute approximate surface area is 137 Å². The molecule has 0 unspecified atom stereocenters. The van der Waals surface area contributed by atoms with E-state index in [1.54, 1.807) is 0 Å². The Balaban J connectivity index is 2.08. The Morgan fingerprint density at radius 1 is 1.04 bits per heavy atom. The van der Waals surface area contributed by atoms with Crippen LogP contribution in [0, 0.1) is 6.92 Å². The Bertz CT molecular complexity index is 762. The lowest BCUT2D eigenvalue weighted by atomic mass is 10.1. The van der Waals surface area contributed by atoms with Crippen LogP contribution in [-0.4, -0.2) is 22.9 Å². The van der Waals surface area contributed by atoms with Gasteiger partial charge in [0, 0.05) is 12.1 Å². The van der Waals surface area contributed by atoms with Crippen LogP contribution in [-0.2, 0) is 0 Å². The van der Waals surface area contributed by atoms with Crippen molar-refractivity contribution in [2.75, 3.05) is 18.4 Å². The van der Waals surface area contributed by atoms with Crippen LogP contribution in [0.1, 0.15) is 12.0 Å². The zero-order chi connectivity index (χ0) is 16.1. The van der Waals surface area contributed by atoms with E-state index in [9.17, 15) is 0 Å².